The van der Waals surface area contributed by atoms with Crippen LogP contribution in [0.5, 0.6) is 0 Å². The molecule has 0 radical (unpaired) electrons. The number of ether oxygens (including phenoxy) is 1. The molecule has 0 aromatic heterocycles. The molecular weight excluding hydrogens is 278 g/mol. The van der Waals surface area contributed by atoms with Crippen LogP contribution < -0.4 is 11.1 Å². The highest BCUT2D eigenvalue weighted by molar-refractivity contribution is 5.85. The highest BCUT2D eigenvalue weighted by Gasteiger charge is 2.26. The van der Waals surface area contributed by atoms with Crippen LogP contribution in [0.4, 0.5) is 0 Å². The van der Waals surface area contributed by atoms with Gasteiger partial charge in [-0.25, -0.2) is 0 Å². The van der Waals surface area contributed by atoms with Crippen LogP contribution in [0.2, 0.25) is 0 Å². The SMILES string of the molecule is CC1CCN(CC(=O)NCC2CCCO2)C(CN)C1.Cl. The number of nitrogens with zero attached hydrogens (tertiary/aromatic N) is 1. The van der Waals surface area contributed by atoms with Crippen molar-refractivity contribution in [2.75, 3.05) is 32.8 Å². The van der Waals surface area contributed by atoms with E-state index in [0.717, 1.165) is 44.8 Å². The number of halogens is 1. The van der Waals surface area contributed by atoms with E-state index in [-0.39, 0.29) is 24.4 Å². The average Bonchev–Trinajstić information content (AvgIpc) is 2.91. The Morgan fingerprint density at radius 2 is 2.25 bits per heavy atom. The van der Waals surface area contributed by atoms with Crippen molar-refractivity contribution in [1.29, 1.82) is 0 Å². The predicted molar refractivity (Wildman–Crippen MR) is 82.0 cm³/mol. The van der Waals surface area contributed by atoms with Gasteiger partial charge in [0.25, 0.3) is 0 Å². The second-order valence-corrected chi connectivity index (χ2v) is 5.93. The summed E-state index contributed by atoms with van der Waals surface area (Å²) >= 11 is 0. The minimum absolute atomic E-state index is 0. The van der Waals surface area contributed by atoms with Gasteiger partial charge in [-0.1, -0.05) is 6.92 Å². The molecule has 20 heavy (non-hydrogen) atoms. The molecule has 0 spiro atoms. The van der Waals surface area contributed by atoms with Crippen molar-refractivity contribution < 1.29 is 9.53 Å². The average molecular weight is 306 g/mol. The summed E-state index contributed by atoms with van der Waals surface area (Å²) in [6.07, 6.45) is 4.66. The number of hydrogen-bond donors (Lipinski definition) is 2. The van der Waals surface area contributed by atoms with E-state index in [1.165, 1.54) is 0 Å². The molecule has 0 saturated carbocycles. The van der Waals surface area contributed by atoms with Crippen molar-refractivity contribution in [1.82, 2.24) is 10.2 Å². The third-order valence-electron chi connectivity index (χ3n) is 4.27. The molecule has 6 heteroatoms. The Morgan fingerprint density at radius 3 is 2.90 bits per heavy atom. The number of carbonyl (C=O) groups excluding carboxylic acids is 1. The molecule has 3 N–H and O–H groups in total. The summed E-state index contributed by atoms with van der Waals surface area (Å²) < 4.78 is 5.50. The molecule has 0 aromatic rings. The van der Waals surface area contributed by atoms with E-state index < -0.39 is 0 Å². The number of amides is 1. The molecule has 118 valence electrons. The summed E-state index contributed by atoms with van der Waals surface area (Å²) in [4.78, 5) is 14.2. The van der Waals surface area contributed by atoms with Crippen molar-refractivity contribution in [2.24, 2.45) is 11.7 Å². The maximum Gasteiger partial charge on any atom is 0.234 e. The Kier molecular flexibility index (Phi) is 7.80. The topological polar surface area (TPSA) is 67.6 Å². The number of piperidine rings is 1. The summed E-state index contributed by atoms with van der Waals surface area (Å²) in [7, 11) is 0. The van der Waals surface area contributed by atoms with E-state index in [4.69, 9.17) is 10.5 Å². The Hall–Kier alpha value is -0.360. The van der Waals surface area contributed by atoms with E-state index in [9.17, 15) is 4.79 Å². The molecule has 2 rings (SSSR count). The van der Waals surface area contributed by atoms with Gasteiger partial charge in [0.15, 0.2) is 0 Å². The van der Waals surface area contributed by atoms with Crippen LogP contribution in [0.3, 0.4) is 0 Å². The largest absolute Gasteiger partial charge is 0.376 e. The maximum atomic E-state index is 12.0. The highest BCUT2D eigenvalue weighted by atomic mass is 35.5. The van der Waals surface area contributed by atoms with E-state index in [1.807, 2.05) is 0 Å². The lowest BCUT2D eigenvalue weighted by Crippen LogP contribution is -2.50. The zero-order valence-corrected chi connectivity index (χ0v) is 13.2. The summed E-state index contributed by atoms with van der Waals surface area (Å²) in [5.74, 6) is 0.822. The normalized spacial score (nSPS) is 30.8. The first-order chi connectivity index (χ1) is 9.19. The van der Waals surface area contributed by atoms with Crippen LogP contribution >= 0.6 is 12.4 Å². The molecule has 2 aliphatic rings. The molecule has 3 unspecified atom stereocenters. The first-order valence-corrected chi connectivity index (χ1v) is 7.51. The summed E-state index contributed by atoms with van der Waals surface area (Å²) in [6.45, 7) is 5.84. The zero-order chi connectivity index (χ0) is 13.7. The Labute approximate surface area is 128 Å². The minimum atomic E-state index is 0. The molecule has 0 aromatic carbocycles. The number of nitrogens with one attached hydrogen (secondary N) is 1. The van der Waals surface area contributed by atoms with E-state index in [2.05, 4.69) is 17.1 Å². The predicted octanol–water partition coefficient (Wildman–Crippen LogP) is 0.763. The van der Waals surface area contributed by atoms with Gasteiger partial charge in [-0.3, -0.25) is 9.69 Å². The van der Waals surface area contributed by atoms with Crippen LogP contribution in [0.15, 0.2) is 0 Å². The first kappa shape index (κ1) is 17.7. The number of carbonyl (C=O) groups is 1. The third-order valence-corrected chi connectivity index (χ3v) is 4.27. The van der Waals surface area contributed by atoms with Crippen molar-refractivity contribution in [2.45, 2.75) is 44.8 Å². The van der Waals surface area contributed by atoms with Crippen molar-refractivity contribution in [3.8, 4) is 0 Å². The van der Waals surface area contributed by atoms with Crippen LogP contribution in [0.1, 0.15) is 32.6 Å². The minimum Gasteiger partial charge on any atom is -0.376 e. The molecule has 0 aliphatic carbocycles. The number of hydrogen-bond acceptors (Lipinski definition) is 4. The van der Waals surface area contributed by atoms with Crippen molar-refractivity contribution >= 4 is 18.3 Å². The standard InChI is InChI=1S/C14H27N3O2.ClH/c1-11-4-5-17(12(7-11)8-15)10-14(18)16-9-13-3-2-6-19-13;/h11-13H,2-10,15H2,1H3,(H,16,18);1H. The second kappa shape index (κ2) is 8.82. The lowest BCUT2D eigenvalue weighted by molar-refractivity contribution is -0.123. The lowest BCUT2D eigenvalue weighted by Gasteiger charge is -2.37. The van der Waals surface area contributed by atoms with Gasteiger partial charge in [0.1, 0.15) is 0 Å². The fraction of sp³-hybridized carbons (Fsp3) is 0.929. The van der Waals surface area contributed by atoms with Crippen LogP contribution in [-0.4, -0.2) is 55.7 Å². The van der Waals surface area contributed by atoms with Crippen LogP contribution in [0.25, 0.3) is 0 Å². The molecule has 2 heterocycles. The molecule has 1 amide bonds. The van der Waals surface area contributed by atoms with E-state index in [1.54, 1.807) is 0 Å². The molecule has 2 fully saturated rings. The van der Waals surface area contributed by atoms with Gasteiger partial charge in [0.05, 0.1) is 12.6 Å². The van der Waals surface area contributed by atoms with E-state index in [0.29, 0.717) is 25.7 Å². The zero-order valence-electron chi connectivity index (χ0n) is 12.3. The number of nitrogens with two attached hydrogens (primary N) is 1. The fourth-order valence-electron chi connectivity index (χ4n) is 3.03. The molecule has 2 saturated heterocycles. The van der Waals surface area contributed by atoms with Gasteiger partial charge in [-0.15, -0.1) is 12.4 Å². The second-order valence-electron chi connectivity index (χ2n) is 5.93. The summed E-state index contributed by atoms with van der Waals surface area (Å²) in [5.41, 5.74) is 5.81. The molecule has 3 atom stereocenters. The molecule has 5 nitrogen and oxygen atoms in total. The van der Waals surface area contributed by atoms with Gasteiger partial charge in [-0.2, -0.15) is 0 Å². The monoisotopic (exact) mass is 305 g/mol. The third kappa shape index (κ3) is 5.20. The van der Waals surface area contributed by atoms with Gasteiger partial charge in [-0.05, 0) is 38.1 Å². The van der Waals surface area contributed by atoms with Gasteiger partial charge >= 0.3 is 0 Å². The van der Waals surface area contributed by atoms with Crippen LogP contribution in [0, 0.1) is 5.92 Å². The van der Waals surface area contributed by atoms with Crippen LogP contribution in [-0.2, 0) is 9.53 Å². The molecule has 0 bridgehead atoms. The molecule has 2 aliphatic heterocycles. The quantitative estimate of drug-likeness (QED) is 0.787. The van der Waals surface area contributed by atoms with Gasteiger partial charge in [0.2, 0.25) is 5.91 Å². The van der Waals surface area contributed by atoms with E-state index >= 15 is 0 Å². The van der Waals surface area contributed by atoms with Gasteiger partial charge in [0, 0.05) is 25.7 Å². The number of likely N-dealkylation sites (tertiary alicyclic amines) is 1. The van der Waals surface area contributed by atoms with Crippen molar-refractivity contribution in [3.63, 3.8) is 0 Å². The first-order valence-electron chi connectivity index (χ1n) is 7.51. The molecular formula is C14H28ClN3O2. The summed E-state index contributed by atoms with van der Waals surface area (Å²) in [6, 6.07) is 0.359. The fourth-order valence-corrected chi connectivity index (χ4v) is 3.03. The lowest BCUT2D eigenvalue weighted by atomic mass is 9.92. The smallest absolute Gasteiger partial charge is 0.234 e. The number of rotatable bonds is 5. The maximum absolute atomic E-state index is 12.0. The Bertz CT molecular complexity index is 298. The van der Waals surface area contributed by atoms with Crippen molar-refractivity contribution in [3.05, 3.63) is 0 Å². The Morgan fingerprint density at radius 1 is 1.45 bits per heavy atom. The van der Waals surface area contributed by atoms with Gasteiger partial charge < -0.3 is 15.8 Å². The summed E-state index contributed by atoms with van der Waals surface area (Å²) in [5, 5.41) is 2.98. The highest BCUT2D eigenvalue weighted by Crippen LogP contribution is 2.21. The Balaban J connectivity index is 0.00000200.